The molecule has 0 spiro atoms. The van der Waals surface area contributed by atoms with Crippen LogP contribution in [0.25, 0.3) is 11.3 Å². The molecule has 1 aromatic heterocycles. The van der Waals surface area contributed by atoms with Crippen molar-refractivity contribution in [2.75, 3.05) is 33.4 Å². The van der Waals surface area contributed by atoms with Crippen LogP contribution in [0.1, 0.15) is 48.3 Å². The summed E-state index contributed by atoms with van der Waals surface area (Å²) in [5.74, 6) is 1.92. The summed E-state index contributed by atoms with van der Waals surface area (Å²) in [4.78, 5) is 15.3. The quantitative estimate of drug-likeness (QED) is 0.510. The van der Waals surface area contributed by atoms with Gasteiger partial charge in [0.1, 0.15) is 11.5 Å². The second kappa shape index (κ2) is 11.0. The molecule has 0 aliphatic carbocycles. The zero-order valence-electron chi connectivity index (χ0n) is 19.3. The van der Waals surface area contributed by atoms with Crippen LogP contribution in [0.4, 0.5) is 0 Å². The number of ether oxygens (including phenoxy) is 2. The van der Waals surface area contributed by atoms with Gasteiger partial charge in [0.25, 0.3) is 5.91 Å². The van der Waals surface area contributed by atoms with Crippen molar-refractivity contribution < 1.29 is 18.8 Å². The minimum atomic E-state index is -0.244. The van der Waals surface area contributed by atoms with E-state index in [9.17, 15) is 4.79 Å². The number of piperidine rings is 1. The van der Waals surface area contributed by atoms with Gasteiger partial charge < -0.3 is 19.3 Å². The average Bonchev–Trinajstić information content (AvgIpc) is 3.36. The van der Waals surface area contributed by atoms with Crippen LogP contribution in [-0.4, -0.2) is 49.3 Å². The third kappa shape index (κ3) is 5.73. The third-order valence-electron chi connectivity index (χ3n) is 5.98. The second-order valence-corrected chi connectivity index (χ2v) is 8.13. The molecular weight excluding hydrogens is 418 g/mol. The van der Waals surface area contributed by atoms with Gasteiger partial charge in [-0.1, -0.05) is 23.7 Å². The third-order valence-corrected chi connectivity index (χ3v) is 5.98. The van der Waals surface area contributed by atoms with Gasteiger partial charge >= 0.3 is 0 Å². The lowest BCUT2D eigenvalue weighted by molar-refractivity contribution is 0.0915. The number of carbonyl (C=O) groups excluding carboxylic acids is 1. The predicted molar refractivity (Wildman–Crippen MR) is 127 cm³/mol. The van der Waals surface area contributed by atoms with Crippen molar-refractivity contribution in [2.24, 2.45) is 0 Å². The molecule has 174 valence electrons. The van der Waals surface area contributed by atoms with Crippen LogP contribution in [0.2, 0.25) is 0 Å². The monoisotopic (exact) mass is 449 g/mol. The van der Waals surface area contributed by atoms with E-state index in [-0.39, 0.29) is 17.6 Å². The Bertz CT molecular complexity index is 1020. The molecule has 0 radical (unpaired) electrons. The molecule has 0 bridgehead atoms. The minimum absolute atomic E-state index is 0.0953. The number of aromatic nitrogens is 1. The zero-order valence-corrected chi connectivity index (χ0v) is 19.3. The maximum atomic E-state index is 12.9. The van der Waals surface area contributed by atoms with Gasteiger partial charge in [-0.2, -0.15) is 0 Å². The molecule has 1 N–H and O–H groups in total. The summed E-state index contributed by atoms with van der Waals surface area (Å²) < 4.78 is 16.2. The van der Waals surface area contributed by atoms with E-state index >= 15 is 0 Å². The highest BCUT2D eigenvalue weighted by Crippen LogP contribution is 2.27. The van der Waals surface area contributed by atoms with Crippen LogP contribution in [0.3, 0.4) is 0 Å². The lowest BCUT2D eigenvalue weighted by Gasteiger charge is -2.35. The molecule has 2 heterocycles. The van der Waals surface area contributed by atoms with Gasteiger partial charge in [0, 0.05) is 18.2 Å². The molecule has 1 amide bonds. The molecule has 1 aliphatic rings. The second-order valence-electron chi connectivity index (χ2n) is 8.13. The van der Waals surface area contributed by atoms with Crippen LogP contribution >= 0.6 is 0 Å². The lowest BCUT2D eigenvalue weighted by atomic mass is 10.0. The van der Waals surface area contributed by atoms with E-state index in [1.807, 2.05) is 43.3 Å². The summed E-state index contributed by atoms with van der Waals surface area (Å²) in [5.41, 5.74) is 2.27. The Morgan fingerprint density at radius 2 is 1.76 bits per heavy atom. The highest BCUT2D eigenvalue weighted by atomic mass is 16.5. The Hall–Kier alpha value is -3.32. The minimum Gasteiger partial charge on any atom is -0.497 e. The fourth-order valence-corrected chi connectivity index (χ4v) is 4.19. The number of benzene rings is 2. The zero-order chi connectivity index (χ0) is 23.0. The molecular formula is C26H31N3O4. The average molecular weight is 450 g/mol. The van der Waals surface area contributed by atoms with Crippen LogP contribution < -0.4 is 14.8 Å². The van der Waals surface area contributed by atoms with Crippen LogP contribution in [-0.2, 0) is 0 Å². The molecule has 3 aromatic rings. The normalized spacial score (nSPS) is 15.1. The van der Waals surface area contributed by atoms with E-state index in [2.05, 4.69) is 27.5 Å². The van der Waals surface area contributed by atoms with Gasteiger partial charge in [-0.3, -0.25) is 9.69 Å². The summed E-state index contributed by atoms with van der Waals surface area (Å²) in [6.45, 7) is 5.17. The van der Waals surface area contributed by atoms with Crippen molar-refractivity contribution in [3.63, 3.8) is 0 Å². The fraction of sp³-hybridized carbons (Fsp3) is 0.385. The first-order valence-corrected chi connectivity index (χ1v) is 11.5. The number of likely N-dealkylation sites (tertiary alicyclic amines) is 1. The number of hydrogen-bond donors (Lipinski definition) is 1. The van der Waals surface area contributed by atoms with Crippen molar-refractivity contribution in [2.45, 2.75) is 32.2 Å². The maximum absolute atomic E-state index is 12.9. The number of carbonyl (C=O) groups is 1. The number of nitrogens with zero attached hydrogens (tertiary/aromatic N) is 2. The largest absolute Gasteiger partial charge is 0.497 e. The van der Waals surface area contributed by atoms with Gasteiger partial charge in [0.15, 0.2) is 11.5 Å². The number of hydrogen-bond acceptors (Lipinski definition) is 6. The summed E-state index contributed by atoms with van der Waals surface area (Å²) in [7, 11) is 1.62. The Kier molecular flexibility index (Phi) is 7.62. The van der Waals surface area contributed by atoms with Gasteiger partial charge in [-0.25, -0.2) is 0 Å². The highest BCUT2D eigenvalue weighted by molar-refractivity contribution is 5.93. The maximum Gasteiger partial charge on any atom is 0.273 e. The Balaban J connectivity index is 1.44. The standard InChI is InChI=1S/C26H31N3O4/c1-3-32-22-13-7-19(8-14-22)24(29-15-5-4-6-16-29)18-27-26(30)23-17-25(33-28-23)20-9-11-21(31-2)12-10-20/h7-14,17,24H,3-6,15-16,18H2,1-2H3,(H,27,30). The van der Waals surface area contributed by atoms with E-state index < -0.39 is 0 Å². The van der Waals surface area contributed by atoms with Crippen LogP contribution in [0, 0.1) is 0 Å². The van der Waals surface area contributed by atoms with E-state index in [0.29, 0.717) is 18.9 Å². The van der Waals surface area contributed by atoms with Crippen molar-refractivity contribution in [3.05, 3.63) is 65.9 Å². The lowest BCUT2D eigenvalue weighted by Crippen LogP contribution is -2.40. The number of nitrogens with one attached hydrogen (secondary N) is 1. The summed E-state index contributed by atoms with van der Waals surface area (Å²) in [5, 5.41) is 7.05. The molecule has 1 atom stereocenters. The van der Waals surface area contributed by atoms with Gasteiger partial charge in [-0.15, -0.1) is 0 Å². The first-order valence-electron chi connectivity index (χ1n) is 11.5. The summed E-state index contributed by atoms with van der Waals surface area (Å²) in [6, 6.07) is 17.4. The van der Waals surface area contributed by atoms with Crippen LogP contribution in [0.5, 0.6) is 11.5 Å². The number of rotatable bonds is 9. The Morgan fingerprint density at radius 3 is 2.42 bits per heavy atom. The number of amides is 1. The molecule has 1 fully saturated rings. The molecule has 0 saturated carbocycles. The van der Waals surface area contributed by atoms with Gasteiger partial charge in [0.2, 0.25) is 0 Å². The smallest absolute Gasteiger partial charge is 0.273 e. The van der Waals surface area contributed by atoms with Gasteiger partial charge in [0.05, 0.1) is 19.8 Å². The molecule has 2 aromatic carbocycles. The van der Waals surface area contributed by atoms with Crippen molar-refractivity contribution in [1.29, 1.82) is 0 Å². The molecule has 1 saturated heterocycles. The van der Waals surface area contributed by atoms with Crippen LogP contribution in [0.15, 0.2) is 59.1 Å². The van der Waals surface area contributed by atoms with Crippen molar-refractivity contribution in [1.82, 2.24) is 15.4 Å². The van der Waals surface area contributed by atoms with Gasteiger partial charge in [-0.05, 0) is 74.8 Å². The van der Waals surface area contributed by atoms with E-state index in [1.165, 1.54) is 24.8 Å². The first-order chi connectivity index (χ1) is 16.2. The molecule has 1 aliphatic heterocycles. The topological polar surface area (TPSA) is 76.8 Å². The van der Waals surface area contributed by atoms with Crippen molar-refractivity contribution >= 4 is 5.91 Å². The fourth-order valence-electron chi connectivity index (χ4n) is 4.19. The summed E-state index contributed by atoms with van der Waals surface area (Å²) in [6.07, 6.45) is 3.61. The molecule has 7 nitrogen and oxygen atoms in total. The highest BCUT2D eigenvalue weighted by Gasteiger charge is 2.24. The molecule has 1 unspecified atom stereocenters. The van der Waals surface area contributed by atoms with Crippen molar-refractivity contribution in [3.8, 4) is 22.8 Å². The molecule has 7 heteroatoms. The predicted octanol–water partition coefficient (Wildman–Crippen LogP) is 4.71. The Labute approximate surface area is 194 Å². The Morgan fingerprint density at radius 1 is 1.06 bits per heavy atom. The molecule has 4 rings (SSSR count). The van der Waals surface area contributed by atoms with E-state index in [0.717, 1.165) is 30.2 Å². The molecule has 33 heavy (non-hydrogen) atoms. The first kappa shape index (κ1) is 22.9. The SMILES string of the molecule is CCOc1ccc(C(CNC(=O)c2cc(-c3ccc(OC)cc3)on2)N2CCCCC2)cc1. The number of methoxy groups -OCH3 is 1. The summed E-state index contributed by atoms with van der Waals surface area (Å²) >= 11 is 0. The van der Waals surface area contributed by atoms with E-state index in [1.54, 1.807) is 13.2 Å². The van der Waals surface area contributed by atoms with E-state index in [4.69, 9.17) is 14.0 Å².